The molecule has 0 saturated carbocycles. The molecule has 0 saturated heterocycles. The predicted octanol–water partition coefficient (Wildman–Crippen LogP) is 1.34. The minimum atomic E-state index is 0.430. The topological polar surface area (TPSA) is 96.3 Å². The Morgan fingerprint density at radius 3 is 2.74 bits per heavy atom. The van der Waals surface area contributed by atoms with E-state index in [1.54, 1.807) is 13.2 Å². The summed E-state index contributed by atoms with van der Waals surface area (Å²) in [5.74, 6) is 1.71. The number of nitrogens with two attached hydrogens (primary N) is 2. The quantitative estimate of drug-likeness (QED) is 0.762. The van der Waals surface area contributed by atoms with Crippen LogP contribution >= 0.6 is 0 Å². The Labute approximate surface area is 111 Å². The van der Waals surface area contributed by atoms with Crippen LogP contribution in [0.25, 0.3) is 10.9 Å². The standard InChI is InChI=1S/C13H18N4O2/c1-18-11-7-10-9(13(15)17-8-16-10)6-12(11)19-5-3-2-4-14/h6-8H,2-5,14H2,1H3,(H2,15,16,17). The summed E-state index contributed by atoms with van der Waals surface area (Å²) in [6.45, 7) is 1.26. The number of benzene rings is 1. The number of aromatic nitrogens is 2. The summed E-state index contributed by atoms with van der Waals surface area (Å²) >= 11 is 0. The van der Waals surface area contributed by atoms with Crippen LogP contribution in [0.1, 0.15) is 12.8 Å². The van der Waals surface area contributed by atoms with Gasteiger partial charge in [0.05, 0.1) is 19.2 Å². The molecule has 19 heavy (non-hydrogen) atoms. The number of fused-ring (bicyclic) bond motifs is 1. The molecule has 6 nitrogen and oxygen atoms in total. The minimum Gasteiger partial charge on any atom is -0.493 e. The smallest absolute Gasteiger partial charge is 0.162 e. The number of rotatable bonds is 6. The van der Waals surface area contributed by atoms with Gasteiger partial charge >= 0.3 is 0 Å². The van der Waals surface area contributed by atoms with Crippen molar-refractivity contribution < 1.29 is 9.47 Å². The lowest BCUT2D eigenvalue weighted by atomic mass is 10.2. The molecule has 102 valence electrons. The van der Waals surface area contributed by atoms with Crippen LogP contribution in [0.15, 0.2) is 18.5 Å². The number of hydrogen-bond acceptors (Lipinski definition) is 6. The molecule has 2 aromatic rings. The van der Waals surface area contributed by atoms with Gasteiger partial charge in [0, 0.05) is 11.5 Å². The van der Waals surface area contributed by atoms with E-state index in [1.165, 1.54) is 6.33 Å². The number of anilines is 1. The summed E-state index contributed by atoms with van der Waals surface area (Å²) in [5, 5.41) is 0.761. The van der Waals surface area contributed by atoms with Crippen molar-refractivity contribution in [1.82, 2.24) is 9.97 Å². The molecule has 0 atom stereocenters. The summed E-state index contributed by atoms with van der Waals surface area (Å²) in [5.41, 5.74) is 12.0. The molecule has 0 aliphatic heterocycles. The van der Waals surface area contributed by atoms with Crippen molar-refractivity contribution in [1.29, 1.82) is 0 Å². The Morgan fingerprint density at radius 2 is 2.00 bits per heavy atom. The fourth-order valence-corrected chi connectivity index (χ4v) is 1.78. The average molecular weight is 262 g/mol. The molecule has 0 unspecified atom stereocenters. The number of nitrogen functional groups attached to an aromatic ring is 1. The second kappa shape index (κ2) is 6.19. The summed E-state index contributed by atoms with van der Waals surface area (Å²) in [7, 11) is 1.60. The maximum atomic E-state index is 5.83. The first-order chi connectivity index (χ1) is 9.26. The first-order valence-electron chi connectivity index (χ1n) is 6.17. The Kier molecular flexibility index (Phi) is 4.35. The molecule has 0 amide bonds. The largest absolute Gasteiger partial charge is 0.493 e. The predicted molar refractivity (Wildman–Crippen MR) is 74.3 cm³/mol. The summed E-state index contributed by atoms with van der Waals surface area (Å²) in [6, 6.07) is 3.61. The van der Waals surface area contributed by atoms with E-state index in [2.05, 4.69) is 9.97 Å². The van der Waals surface area contributed by atoms with Crippen LogP contribution in [0, 0.1) is 0 Å². The van der Waals surface area contributed by atoms with E-state index >= 15 is 0 Å². The van der Waals surface area contributed by atoms with Gasteiger partial charge in [0.1, 0.15) is 12.1 Å². The van der Waals surface area contributed by atoms with Crippen LogP contribution in [0.4, 0.5) is 5.82 Å². The zero-order chi connectivity index (χ0) is 13.7. The molecule has 0 spiro atoms. The molecule has 4 N–H and O–H groups in total. The highest BCUT2D eigenvalue weighted by molar-refractivity contribution is 5.90. The molecular formula is C13H18N4O2. The van der Waals surface area contributed by atoms with Gasteiger partial charge in [0.2, 0.25) is 0 Å². The van der Waals surface area contributed by atoms with Gasteiger partial charge in [0.25, 0.3) is 0 Å². The van der Waals surface area contributed by atoms with E-state index in [9.17, 15) is 0 Å². The monoisotopic (exact) mass is 262 g/mol. The average Bonchev–Trinajstić information content (AvgIpc) is 2.43. The van der Waals surface area contributed by atoms with E-state index < -0.39 is 0 Å². The Balaban J connectivity index is 2.28. The number of unbranched alkanes of at least 4 members (excludes halogenated alkanes) is 1. The van der Waals surface area contributed by atoms with Gasteiger partial charge in [-0.2, -0.15) is 0 Å². The Morgan fingerprint density at radius 1 is 1.16 bits per heavy atom. The summed E-state index contributed by atoms with van der Waals surface area (Å²) < 4.78 is 11.0. The molecule has 1 heterocycles. The van der Waals surface area contributed by atoms with Gasteiger partial charge in [0.15, 0.2) is 11.5 Å². The SMILES string of the molecule is COc1cc2ncnc(N)c2cc1OCCCCN. The van der Waals surface area contributed by atoms with Gasteiger partial charge in [-0.15, -0.1) is 0 Å². The molecule has 0 aliphatic carbocycles. The maximum Gasteiger partial charge on any atom is 0.162 e. The van der Waals surface area contributed by atoms with E-state index in [-0.39, 0.29) is 0 Å². The lowest BCUT2D eigenvalue weighted by Gasteiger charge is -2.12. The lowest BCUT2D eigenvalue weighted by molar-refractivity contribution is 0.287. The van der Waals surface area contributed by atoms with Crippen molar-refractivity contribution in [3.8, 4) is 11.5 Å². The molecule has 0 fully saturated rings. The van der Waals surface area contributed by atoms with Crippen molar-refractivity contribution in [3.05, 3.63) is 18.5 Å². The highest BCUT2D eigenvalue weighted by atomic mass is 16.5. The van der Waals surface area contributed by atoms with Gasteiger partial charge in [-0.3, -0.25) is 0 Å². The third-order valence-corrected chi connectivity index (χ3v) is 2.81. The van der Waals surface area contributed by atoms with Gasteiger partial charge in [-0.25, -0.2) is 9.97 Å². The zero-order valence-corrected chi connectivity index (χ0v) is 10.9. The summed E-state index contributed by atoms with van der Waals surface area (Å²) in [6.07, 6.45) is 3.26. The number of nitrogens with zero attached hydrogens (tertiary/aromatic N) is 2. The fraction of sp³-hybridized carbons (Fsp3) is 0.385. The Hall–Kier alpha value is -2.08. The molecule has 0 aliphatic rings. The van der Waals surface area contributed by atoms with Crippen molar-refractivity contribution in [2.75, 3.05) is 26.0 Å². The fourth-order valence-electron chi connectivity index (χ4n) is 1.78. The normalized spacial score (nSPS) is 10.6. The third-order valence-electron chi connectivity index (χ3n) is 2.81. The number of ether oxygens (including phenoxy) is 2. The van der Waals surface area contributed by atoms with Crippen molar-refractivity contribution in [2.24, 2.45) is 5.73 Å². The molecule has 1 aromatic heterocycles. The summed E-state index contributed by atoms with van der Waals surface area (Å²) in [4.78, 5) is 8.13. The second-order valence-corrected chi connectivity index (χ2v) is 4.12. The second-order valence-electron chi connectivity index (χ2n) is 4.12. The first-order valence-corrected chi connectivity index (χ1v) is 6.17. The lowest BCUT2D eigenvalue weighted by Crippen LogP contribution is -2.04. The van der Waals surface area contributed by atoms with Crippen LogP contribution in [0.3, 0.4) is 0 Å². The molecule has 0 radical (unpaired) electrons. The Bertz CT molecular complexity index is 560. The maximum absolute atomic E-state index is 5.83. The van der Waals surface area contributed by atoms with Crippen molar-refractivity contribution >= 4 is 16.7 Å². The first kappa shape index (κ1) is 13.4. The van der Waals surface area contributed by atoms with Gasteiger partial charge in [-0.1, -0.05) is 0 Å². The minimum absolute atomic E-state index is 0.430. The molecule has 0 bridgehead atoms. The van der Waals surface area contributed by atoms with E-state index in [0.717, 1.165) is 23.7 Å². The van der Waals surface area contributed by atoms with Crippen LogP contribution in [0.2, 0.25) is 0 Å². The molecule has 2 rings (SSSR count). The van der Waals surface area contributed by atoms with Crippen molar-refractivity contribution in [2.45, 2.75) is 12.8 Å². The van der Waals surface area contributed by atoms with Gasteiger partial charge < -0.3 is 20.9 Å². The zero-order valence-electron chi connectivity index (χ0n) is 10.9. The van der Waals surface area contributed by atoms with Crippen LogP contribution < -0.4 is 20.9 Å². The van der Waals surface area contributed by atoms with E-state index in [4.69, 9.17) is 20.9 Å². The van der Waals surface area contributed by atoms with E-state index in [0.29, 0.717) is 30.5 Å². The molecular weight excluding hydrogens is 244 g/mol. The highest BCUT2D eigenvalue weighted by Crippen LogP contribution is 2.33. The van der Waals surface area contributed by atoms with Crippen LogP contribution in [-0.4, -0.2) is 30.2 Å². The molecule has 1 aromatic carbocycles. The highest BCUT2D eigenvalue weighted by Gasteiger charge is 2.09. The number of methoxy groups -OCH3 is 1. The molecule has 6 heteroatoms. The van der Waals surface area contributed by atoms with E-state index in [1.807, 2.05) is 6.07 Å². The van der Waals surface area contributed by atoms with Gasteiger partial charge in [-0.05, 0) is 25.5 Å². The van der Waals surface area contributed by atoms with Crippen LogP contribution in [-0.2, 0) is 0 Å². The van der Waals surface area contributed by atoms with Crippen LogP contribution in [0.5, 0.6) is 11.5 Å². The third kappa shape index (κ3) is 3.03. The number of hydrogen-bond donors (Lipinski definition) is 2. The van der Waals surface area contributed by atoms with Crippen molar-refractivity contribution in [3.63, 3.8) is 0 Å².